The number of rotatable bonds is 4. The molecule has 0 atom stereocenters. The molecule has 4 aromatic heterocycles. The van der Waals surface area contributed by atoms with Crippen LogP contribution in [0.25, 0.3) is 44.3 Å². The molecule has 10 nitrogen and oxygen atoms in total. The quantitative estimate of drug-likeness (QED) is 0.110. The van der Waals surface area contributed by atoms with Crippen LogP contribution in [0.3, 0.4) is 0 Å². The van der Waals surface area contributed by atoms with Gasteiger partial charge in [-0.2, -0.15) is 0 Å². The molecule has 2 aliphatic rings. The molecule has 8 aromatic rings. The number of benzene rings is 4. The standard InChI is InChI=1S/C22H17N3O2.C16H12ClN3O.C6H6O.Na.H/c26-22-17-13-19(24-18(17)11-12-23-22)16-8-4-5-14-9-10-20(25-21(14)16)27-15-6-2-1-3-7-15;17-14-5-4-9-2-1-3-10(15(9)20-14)13-8-11-12(19-13)6-7-18-16(11)21;7-6-4-2-1-3-5-6;;/h1-10,13,24H,11-12H2,(H,23,26);1-5,8,19H,6-7H2,(H,18,21);1-5,7H;;/q;;;+1;-1. The minimum Gasteiger partial charge on any atom is -1.00 e. The molecule has 4 aromatic carbocycles. The number of hydrogen-bond donors (Lipinski definition) is 5. The van der Waals surface area contributed by atoms with Gasteiger partial charge < -0.3 is 31.9 Å². The van der Waals surface area contributed by atoms with Crippen molar-refractivity contribution in [1.82, 2.24) is 30.6 Å². The van der Waals surface area contributed by atoms with Gasteiger partial charge in [0.25, 0.3) is 11.8 Å². The molecular weight excluding hydrogens is 735 g/mol. The Morgan fingerprint density at radius 1 is 0.589 bits per heavy atom. The van der Waals surface area contributed by atoms with Crippen LogP contribution in [0.5, 0.6) is 17.4 Å². The van der Waals surface area contributed by atoms with E-state index in [2.05, 4.69) is 25.6 Å². The first-order valence-corrected chi connectivity index (χ1v) is 18.2. The summed E-state index contributed by atoms with van der Waals surface area (Å²) in [5.74, 6) is 1.55. The maximum Gasteiger partial charge on any atom is 1.00 e. The van der Waals surface area contributed by atoms with Crippen molar-refractivity contribution in [2.45, 2.75) is 12.8 Å². The largest absolute Gasteiger partial charge is 1.00 e. The van der Waals surface area contributed by atoms with E-state index in [1.54, 1.807) is 30.3 Å². The van der Waals surface area contributed by atoms with E-state index in [9.17, 15) is 9.59 Å². The van der Waals surface area contributed by atoms with Crippen molar-refractivity contribution in [3.63, 3.8) is 0 Å². The Balaban J connectivity index is 0.000000163. The van der Waals surface area contributed by atoms with Crippen LogP contribution in [0, 0.1) is 0 Å². The number of ether oxygens (including phenoxy) is 1. The Labute approximate surface area is 351 Å². The van der Waals surface area contributed by atoms with Gasteiger partial charge in [-0.15, -0.1) is 0 Å². The number of carbonyl (C=O) groups is 2. The van der Waals surface area contributed by atoms with Crippen LogP contribution in [0.1, 0.15) is 33.5 Å². The summed E-state index contributed by atoms with van der Waals surface area (Å²) >= 11 is 6.02. The van der Waals surface area contributed by atoms with Crippen molar-refractivity contribution in [2.24, 2.45) is 0 Å². The Hall–Kier alpha value is -5.91. The molecule has 0 aliphatic carbocycles. The number of phenols is 1. The molecule has 2 amide bonds. The van der Waals surface area contributed by atoms with Gasteiger partial charge in [-0.3, -0.25) is 9.59 Å². The van der Waals surface area contributed by atoms with Crippen molar-refractivity contribution in [3.05, 3.63) is 161 Å². The van der Waals surface area contributed by atoms with E-state index in [0.29, 0.717) is 35.4 Å². The van der Waals surface area contributed by atoms with E-state index in [-0.39, 0.29) is 42.8 Å². The summed E-state index contributed by atoms with van der Waals surface area (Å²) in [6, 6.07) is 41.7. The van der Waals surface area contributed by atoms with Gasteiger partial charge in [0.2, 0.25) is 5.88 Å². The fourth-order valence-corrected chi connectivity index (χ4v) is 6.81. The number of carbonyl (C=O) groups excluding carboxylic acids is 2. The fraction of sp³-hybridized carbons (Fsp3) is 0.0909. The molecule has 0 saturated heterocycles. The van der Waals surface area contributed by atoms with E-state index in [1.807, 2.05) is 103 Å². The second kappa shape index (κ2) is 17.3. The zero-order valence-corrected chi connectivity index (χ0v) is 33.2. The van der Waals surface area contributed by atoms with Gasteiger partial charge in [0.1, 0.15) is 16.7 Å². The van der Waals surface area contributed by atoms with Gasteiger partial charge in [-0.1, -0.05) is 84.4 Å². The summed E-state index contributed by atoms with van der Waals surface area (Å²) < 4.78 is 5.89. The maximum absolute atomic E-state index is 12.1. The minimum atomic E-state index is -0.0277. The van der Waals surface area contributed by atoms with Crippen LogP contribution in [0.15, 0.2) is 133 Å². The molecule has 0 fully saturated rings. The van der Waals surface area contributed by atoms with E-state index in [1.165, 1.54) is 0 Å². The van der Waals surface area contributed by atoms with Crippen LogP contribution >= 0.6 is 11.6 Å². The van der Waals surface area contributed by atoms with Gasteiger partial charge in [0, 0.05) is 76.7 Å². The average Bonchev–Trinajstić information content (AvgIpc) is 3.85. The number of aromatic amines is 2. The number of aromatic hydroxyl groups is 1. The molecule has 56 heavy (non-hydrogen) atoms. The van der Waals surface area contributed by atoms with Crippen molar-refractivity contribution in [1.29, 1.82) is 0 Å². The van der Waals surface area contributed by atoms with Crippen LogP contribution in [-0.4, -0.2) is 49.9 Å². The molecule has 10 rings (SSSR count). The number of halogens is 1. The number of nitrogens with zero attached hydrogens (tertiary/aromatic N) is 2. The van der Waals surface area contributed by atoms with Gasteiger partial charge in [0.15, 0.2) is 0 Å². The van der Waals surface area contributed by atoms with E-state index in [0.717, 1.165) is 79.9 Å². The predicted molar refractivity (Wildman–Crippen MR) is 216 cm³/mol. The molecule has 0 spiro atoms. The summed E-state index contributed by atoms with van der Waals surface area (Å²) in [7, 11) is 0. The number of nitrogens with one attached hydrogen (secondary N) is 4. The van der Waals surface area contributed by atoms with Crippen LogP contribution < -0.4 is 44.9 Å². The first-order chi connectivity index (χ1) is 26.9. The predicted octanol–water partition coefficient (Wildman–Crippen LogP) is 5.99. The Kier molecular flexibility index (Phi) is 11.8. The molecule has 6 heterocycles. The van der Waals surface area contributed by atoms with Crippen molar-refractivity contribution in [2.75, 3.05) is 13.1 Å². The van der Waals surface area contributed by atoms with E-state index < -0.39 is 0 Å². The molecule has 0 saturated carbocycles. The summed E-state index contributed by atoms with van der Waals surface area (Å²) in [5.41, 5.74) is 8.76. The van der Waals surface area contributed by atoms with Gasteiger partial charge in [-0.05, 0) is 54.6 Å². The molecular formula is C44H36ClN6NaO4. The Bertz CT molecular complexity index is 2670. The fourth-order valence-electron chi connectivity index (χ4n) is 6.66. The van der Waals surface area contributed by atoms with Gasteiger partial charge in [0.05, 0.1) is 22.2 Å². The van der Waals surface area contributed by atoms with Crippen LogP contribution in [0.2, 0.25) is 5.15 Å². The first kappa shape index (κ1) is 38.4. The van der Waals surface area contributed by atoms with Crippen molar-refractivity contribution < 1.29 is 50.4 Å². The monoisotopic (exact) mass is 770 g/mol. The molecule has 0 bridgehead atoms. The Morgan fingerprint density at radius 2 is 1.11 bits per heavy atom. The zero-order valence-electron chi connectivity index (χ0n) is 31.5. The van der Waals surface area contributed by atoms with E-state index in [4.69, 9.17) is 26.4 Å². The number of pyridine rings is 2. The summed E-state index contributed by atoms with van der Waals surface area (Å²) in [5, 5.41) is 16.9. The van der Waals surface area contributed by atoms with Crippen molar-refractivity contribution >= 4 is 45.2 Å². The third-order valence-electron chi connectivity index (χ3n) is 9.29. The number of aromatic nitrogens is 4. The van der Waals surface area contributed by atoms with E-state index >= 15 is 0 Å². The number of para-hydroxylation sites is 4. The molecule has 12 heteroatoms. The van der Waals surface area contributed by atoms with Crippen molar-refractivity contribution in [3.8, 4) is 39.9 Å². The Morgan fingerprint density at radius 3 is 1.62 bits per heavy atom. The number of phenolic OH excluding ortho intramolecular Hbond substituents is 1. The van der Waals surface area contributed by atoms with Gasteiger partial charge in [-0.25, -0.2) is 9.97 Å². The smallest absolute Gasteiger partial charge is 1.00 e. The SMILES string of the molecule is O=C1NCCc2[nH]c(-c3cccc4ccc(Cl)nc34)cc21.O=C1NCCc2[nH]c(-c3cccc4ccc(Oc5ccccc5)nc34)cc21.Oc1ccccc1.[H-].[Na+]. The summed E-state index contributed by atoms with van der Waals surface area (Å²) in [6.45, 7) is 1.33. The summed E-state index contributed by atoms with van der Waals surface area (Å²) in [6.07, 6.45) is 1.63. The van der Waals surface area contributed by atoms with Crippen LogP contribution in [0.4, 0.5) is 0 Å². The minimum absolute atomic E-state index is 0. The molecule has 0 unspecified atom stereocenters. The second-order valence-corrected chi connectivity index (χ2v) is 13.3. The normalized spacial score (nSPS) is 12.7. The third kappa shape index (κ3) is 8.49. The topological polar surface area (TPSA) is 145 Å². The zero-order chi connectivity index (χ0) is 37.7. The molecule has 0 radical (unpaired) electrons. The number of hydrogen-bond acceptors (Lipinski definition) is 6. The number of fused-ring (bicyclic) bond motifs is 4. The number of amides is 2. The van der Waals surface area contributed by atoms with Crippen LogP contribution in [-0.2, 0) is 12.8 Å². The third-order valence-corrected chi connectivity index (χ3v) is 9.50. The molecule has 2 aliphatic heterocycles. The summed E-state index contributed by atoms with van der Waals surface area (Å²) in [4.78, 5) is 39.9. The average molecular weight is 771 g/mol. The molecule has 5 N–H and O–H groups in total. The first-order valence-electron chi connectivity index (χ1n) is 17.8. The van der Waals surface area contributed by atoms with Gasteiger partial charge >= 0.3 is 29.6 Å². The second-order valence-electron chi connectivity index (χ2n) is 13.0. The molecule has 274 valence electrons. The maximum atomic E-state index is 12.1. The number of H-pyrrole nitrogens is 2.